The molecule has 2 rings (SSSR count). The first-order chi connectivity index (χ1) is 9.65. The highest BCUT2D eigenvalue weighted by molar-refractivity contribution is 5.82. The molecule has 0 amide bonds. The molecule has 0 bridgehead atoms. The molecule has 2 saturated heterocycles. The third kappa shape index (κ3) is 3.26. The molecule has 0 aromatic heterocycles. The molecule has 6 heteroatoms. The molecule has 0 radical (unpaired) electrons. The van der Waals surface area contributed by atoms with Gasteiger partial charge < -0.3 is 18.9 Å². The molecule has 0 aliphatic carbocycles. The summed E-state index contributed by atoms with van der Waals surface area (Å²) in [6, 6.07) is 0. The van der Waals surface area contributed by atoms with Crippen molar-refractivity contribution in [2.45, 2.75) is 37.8 Å². The van der Waals surface area contributed by atoms with Gasteiger partial charge >= 0.3 is 11.9 Å². The van der Waals surface area contributed by atoms with E-state index in [9.17, 15) is 9.59 Å². The van der Waals surface area contributed by atoms with Crippen LogP contribution in [0.15, 0.2) is 24.8 Å². The summed E-state index contributed by atoms with van der Waals surface area (Å²) in [5, 5.41) is 0. The molecule has 2 aliphatic heterocycles. The highest BCUT2D eigenvalue weighted by atomic mass is 16.7. The maximum absolute atomic E-state index is 11.5. The normalized spacial score (nSPS) is 32.0. The van der Waals surface area contributed by atoms with Gasteiger partial charge in [0.05, 0.1) is 13.2 Å². The third-order valence-electron chi connectivity index (χ3n) is 3.15. The molecular weight excluding hydrogens is 264 g/mol. The van der Waals surface area contributed by atoms with Crippen LogP contribution in [0, 0.1) is 0 Å². The van der Waals surface area contributed by atoms with Gasteiger partial charge in [-0.15, -0.1) is 0 Å². The lowest BCUT2D eigenvalue weighted by molar-refractivity contribution is -0.149. The van der Waals surface area contributed by atoms with Crippen LogP contribution >= 0.6 is 0 Å². The van der Waals surface area contributed by atoms with Crippen molar-refractivity contribution in [3.63, 3.8) is 0 Å². The number of fused-ring (bicyclic) bond motifs is 1. The summed E-state index contributed by atoms with van der Waals surface area (Å²) in [5.41, 5.74) is 0. The molecule has 0 spiro atoms. The van der Waals surface area contributed by atoms with Crippen LogP contribution in [0.1, 0.15) is 13.3 Å². The lowest BCUT2D eigenvalue weighted by Crippen LogP contribution is -2.35. The zero-order valence-electron chi connectivity index (χ0n) is 11.3. The maximum atomic E-state index is 11.5. The van der Waals surface area contributed by atoms with E-state index in [0.717, 1.165) is 12.5 Å². The quantitative estimate of drug-likeness (QED) is 0.547. The Kier molecular flexibility index (Phi) is 4.92. The summed E-state index contributed by atoms with van der Waals surface area (Å²) in [6.45, 7) is 5.73. The average Bonchev–Trinajstić information content (AvgIpc) is 3.00. The SMILES string of the molecule is C=CC(=O)O[C@H]1CO[C@H]2[C@@H]1OC[C@@H]2OC(=O)/C=C\CC. The molecule has 20 heavy (non-hydrogen) atoms. The van der Waals surface area contributed by atoms with Crippen LogP contribution in [0.25, 0.3) is 0 Å². The van der Waals surface area contributed by atoms with Crippen LogP contribution in [-0.4, -0.2) is 49.6 Å². The van der Waals surface area contributed by atoms with E-state index in [-0.39, 0.29) is 13.2 Å². The summed E-state index contributed by atoms with van der Waals surface area (Å²) < 4.78 is 21.4. The maximum Gasteiger partial charge on any atom is 0.330 e. The van der Waals surface area contributed by atoms with Gasteiger partial charge in [0, 0.05) is 12.2 Å². The van der Waals surface area contributed by atoms with Crippen LogP contribution < -0.4 is 0 Å². The average molecular weight is 282 g/mol. The highest BCUT2D eigenvalue weighted by Gasteiger charge is 2.50. The summed E-state index contributed by atoms with van der Waals surface area (Å²) in [6.07, 6.45) is 3.22. The van der Waals surface area contributed by atoms with Gasteiger partial charge in [0.2, 0.25) is 0 Å². The molecule has 2 fully saturated rings. The van der Waals surface area contributed by atoms with Gasteiger partial charge in [-0.3, -0.25) is 0 Å². The first kappa shape index (κ1) is 14.7. The topological polar surface area (TPSA) is 71.1 Å². The standard InChI is InChI=1S/C14H18O6/c1-3-5-6-12(16)20-10-8-18-13-9(7-17-14(10)13)19-11(15)4-2/h4-6,9-10,13-14H,2-3,7-8H2,1H3/b6-5-/t9-,10-,13+,14+/m0/s1. The van der Waals surface area contributed by atoms with Gasteiger partial charge in [0.1, 0.15) is 12.2 Å². The second-order valence-corrected chi connectivity index (χ2v) is 4.56. The molecule has 0 N–H and O–H groups in total. The van der Waals surface area contributed by atoms with E-state index in [2.05, 4.69) is 6.58 Å². The minimum absolute atomic E-state index is 0.230. The number of hydrogen-bond donors (Lipinski definition) is 0. The molecule has 2 heterocycles. The van der Waals surface area contributed by atoms with Crippen molar-refractivity contribution < 1.29 is 28.5 Å². The minimum atomic E-state index is -0.519. The first-order valence-electron chi connectivity index (χ1n) is 6.59. The fourth-order valence-corrected chi connectivity index (χ4v) is 2.23. The Morgan fingerprint density at radius 2 is 1.70 bits per heavy atom. The van der Waals surface area contributed by atoms with Gasteiger partial charge in [-0.2, -0.15) is 0 Å². The fourth-order valence-electron chi connectivity index (χ4n) is 2.23. The smallest absolute Gasteiger partial charge is 0.330 e. The van der Waals surface area contributed by atoms with Crippen molar-refractivity contribution in [2.75, 3.05) is 13.2 Å². The fraction of sp³-hybridized carbons (Fsp3) is 0.571. The predicted octanol–water partition coefficient (Wildman–Crippen LogP) is 0.760. The lowest BCUT2D eigenvalue weighted by atomic mass is 10.1. The molecule has 0 unspecified atom stereocenters. The number of rotatable bonds is 5. The summed E-state index contributed by atoms with van der Waals surface area (Å²) in [5.74, 6) is -0.939. The van der Waals surface area contributed by atoms with Crippen molar-refractivity contribution in [3.05, 3.63) is 24.8 Å². The van der Waals surface area contributed by atoms with Crippen LogP contribution in [0.3, 0.4) is 0 Å². The Balaban J connectivity index is 1.89. The van der Waals surface area contributed by atoms with Gasteiger partial charge in [-0.05, 0) is 6.42 Å². The van der Waals surface area contributed by atoms with E-state index >= 15 is 0 Å². The van der Waals surface area contributed by atoms with Gasteiger partial charge in [0.15, 0.2) is 12.2 Å². The van der Waals surface area contributed by atoms with Crippen LogP contribution in [0.4, 0.5) is 0 Å². The Labute approximate surface area is 117 Å². The number of carbonyl (C=O) groups is 2. The van der Waals surface area contributed by atoms with Gasteiger partial charge in [-0.1, -0.05) is 19.6 Å². The molecule has 6 nitrogen and oxygen atoms in total. The van der Waals surface area contributed by atoms with E-state index in [1.807, 2.05) is 6.92 Å². The lowest BCUT2D eigenvalue weighted by Gasteiger charge is -2.16. The minimum Gasteiger partial charge on any atom is -0.454 e. The third-order valence-corrected chi connectivity index (χ3v) is 3.15. The van der Waals surface area contributed by atoms with E-state index in [4.69, 9.17) is 18.9 Å². The highest BCUT2D eigenvalue weighted by Crippen LogP contribution is 2.30. The first-order valence-corrected chi connectivity index (χ1v) is 6.59. The van der Waals surface area contributed by atoms with Crippen LogP contribution in [-0.2, 0) is 28.5 Å². The molecule has 0 aromatic carbocycles. The van der Waals surface area contributed by atoms with Crippen molar-refractivity contribution in [3.8, 4) is 0 Å². The van der Waals surface area contributed by atoms with Gasteiger partial charge in [-0.25, -0.2) is 9.59 Å². The van der Waals surface area contributed by atoms with Crippen molar-refractivity contribution in [1.82, 2.24) is 0 Å². The van der Waals surface area contributed by atoms with Crippen LogP contribution in [0.5, 0.6) is 0 Å². The Bertz CT molecular complexity index is 416. The summed E-state index contributed by atoms with van der Waals surface area (Å²) >= 11 is 0. The van der Waals surface area contributed by atoms with E-state index < -0.39 is 36.4 Å². The number of ether oxygens (including phenoxy) is 4. The van der Waals surface area contributed by atoms with Crippen molar-refractivity contribution in [1.29, 1.82) is 0 Å². The molecule has 2 aliphatic rings. The zero-order chi connectivity index (χ0) is 14.5. The van der Waals surface area contributed by atoms with E-state index in [1.54, 1.807) is 6.08 Å². The number of allylic oxidation sites excluding steroid dienone is 1. The summed E-state index contributed by atoms with van der Waals surface area (Å²) in [4.78, 5) is 22.7. The van der Waals surface area contributed by atoms with Crippen molar-refractivity contribution >= 4 is 11.9 Å². The molecule has 110 valence electrons. The predicted molar refractivity (Wildman–Crippen MR) is 68.9 cm³/mol. The number of esters is 2. The second kappa shape index (κ2) is 6.67. The second-order valence-electron chi connectivity index (χ2n) is 4.56. The Hall–Kier alpha value is -1.66. The Morgan fingerprint density at radius 1 is 1.15 bits per heavy atom. The molecule has 0 aromatic rings. The molecule has 4 atom stereocenters. The largest absolute Gasteiger partial charge is 0.454 e. The van der Waals surface area contributed by atoms with Crippen molar-refractivity contribution in [2.24, 2.45) is 0 Å². The zero-order valence-corrected chi connectivity index (χ0v) is 11.3. The van der Waals surface area contributed by atoms with E-state index in [0.29, 0.717) is 0 Å². The number of hydrogen-bond acceptors (Lipinski definition) is 6. The summed E-state index contributed by atoms with van der Waals surface area (Å²) in [7, 11) is 0. The monoisotopic (exact) mass is 282 g/mol. The molecular formula is C14H18O6. The molecule has 0 saturated carbocycles. The van der Waals surface area contributed by atoms with Crippen LogP contribution in [0.2, 0.25) is 0 Å². The van der Waals surface area contributed by atoms with Gasteiger partial charge in [0.25, 0.3) is 0 Å². The number of carbonyl (C=O) groups excluding carboxylic acids is 2. The van der Waals surface area contributed by atoms with E-state index in [1.165, 1.54) is 6.08 Å². The Morgan fingerprint density at radius 3 is 2.20 bits per heavy atom.